The topological polar surface area (TPSA) is 102 Å². The number of fused-ring (bicyclic) bond motifs is 1. The first-order valence-electron chi connectivity index (χ1n) is 12.5. The second-order valence-electron chi connectivity index (χ2n) is 9.33. The van der Waals surface area contributed by atoms with Crippen LogP contribution in [0.4, 0.5) is 5.13 Å². The fraction of sp³-hybridized carbons (Fsp3) is 0.172. The van der Waals surface area contributed by atoms with Gasteiger partial charge in [-0.05, 0) is 48.4 Å². The highest BCUT2D eigenvalue weighted by Gasteiger charge is 2.48. The van der Waals surface area contributed by atoms with Crippen LogP contribution in [0.2, 0.25) is 10.0 Å². The molecule has 2 aliphatic heterocycles. The molecule has 1 fully saturated rings. The maximum Gasteiger partial charge on any atom is 0.301 e. The van der Waals surface area contributed by atoms with Crippen molar-refractivity contribution < 1.29 is 24.2 Å². The summed E-state index contributed by atoms with van der Waals surface area (Å²) >= 11 is 15.2. The zero-order valence-corrected chi connectivity index (χ0v) is 24.6. The van der Waals surface area contributed by atoms with Crippen LogP contribution in [-0.2, 0) is 15.3 Å². The minimum absolute atomic E-state index is 0.117. The summed E-state index contributed by atoms with van der Waals surface area (Å²) in [4.78, 5) is 28.2. The molecule has 0 radical (unpaired) electrons. The Kier molecular flexibility index (Phi) is 7.65. The standard InChI is InChI=1S/C29H21Cl2N3O5S2/c1-15-2-4-16(5-3-15)14-40-29-33-32-28(41-29)34-24(17-6-8-19(30)20(31)12-17)23(26(36)27(34)37)25(35)18-7-9-21-22(13-18)39-11-10-38-21/h2-9,12-13,24,35H,10-11,14H2,1H3/b25-23+. The quantitative estimate of drug-likeness (QED) is 0.0816. The molecule has 2 aliphatic rings. The minimum Gasteiger partial charge on any atom is -0.507 e. The molecule has 12 heteroatoms. The fourth-order valence-corrected chi connectivity index (χ4v) is 6.69. The Bertz CT molecular complexity index is 1710. The van der Waals surface area contributed by atoms with Crippen molar-refractivity contribution in [3.8, 4) is 11.5 Å². The van der Waals surface area contributed by atoms with Crippen LogP contribution in [0.15, 0.2) is 70.6 Å². The number of ether oxygens (including phenoxy) is 2. The van der Waals surface area contributed by atoms with Gasteiger partial charge < -0.3 is 14.6 Å². The van der Waals surface area contributed by atoms with Gasteiger partial charge in [0.05, 0.1) is 21.7 Å². The molecule has 1 unspecified atom stereocenters. The van der Waals surface area contributed by atoms with Gasteiger partial charge in [-0.3, -0.25) is 14.5 Å². The van der Waals surface area contributed by atoms with Gasteiger partial charge >= 0.3 is 5.91 Å². The van der Waals surface area contributed by atoms with Crippen LogP contribution in [0.25, 0.3) is 5.76 Å². The van der Waals surface area contributed by atoms with Crippen molar-refractivity contribution >= 4 is 68.9 Å². The number of Topliss-reactive ketones (excluding diaryl/α,β-unsaturated/α-hetero) is 1. The Hall–Kier alpha value is -3.57. The number of amides is 1. The lowest BCUT2D eigenvalue weighted by molar-refractivity contribution is -0.132. The third kappa shape index (κ3) is 5.40. The first kappa shape index (κ1) is 27.6. The van der Waals surface area contributed by atoms with Crippen LogP contribution in [-0.4, -0.2) is 40.2 Å². The molecule has 1 atom stereocenters. The van der Waals surface area contributed by atoms with Crippen molar-refractivity contribution in [2.24, 2.45) is 0 Å². The van der Waals surface area contributed by atoms with Gasteiger partial charge in [-0.25, -0.2) is 0 Å². The molecular weight excluding hydrogens is 605 g/mol. The number of halogens is 2. The molecular formula is C29H21Cl2N3O5S2. The molecule has 3 heterocycles. The Morgan fingerprint density at radius 2 is 1.76 bits per heavy atom. The van der Waals surface area contributed by atoms with Crippen LogP contribution >= 0.6 is 46.3 Å². The van der Waals surface area contributed by atoms with Crippen molar-refractivity contribution in [3.63, 3.8) is 0 Å². The molecule has 0 aliphatic carbocycles. The number of rotatable bonds is 6. The SMILES string of the molecule is Cc1ccc(CSc2nnc(N3C(=O)C(=O)/C(=C(/O)c4ccc5c(c4)OCCO5)C3c3ccc(Cl)c(Cl)c3)s2)cc1. The van der Waals surface area contributed by atoms with E-state index in [0.29, 0.717) is 51.0 Å². The fourth-order valence-electron chi connectivity index (χ4n) is 4.56. The van der Waals surface area contributed by atoms with Crippen molar-refractivity contribution in [3.05, 3.63) is 98.5 Å². The number of ketones is 1. The highest BCUT2D eigenvalue weighted by atomic mass is 35.5. The maximum atomic E-state index is 13.5. The van der Waals surface area contributed by atoms with Gasteiger partial charge in [-0.2, -0.15) is 0 Å². The van der Waals surface area contributed by atoms with Crippen LogP contribution < -0.4 is 14.4 Å². The van der Waals surface area contributed by atoms with Crippen LogP contribution in [0, 0.1) is 6.92 Å². The normalized spacial score (nSPS) is 17.7. The number of carbonyl (C=O) groups excluding carboxylic acids is 2. The van der Waals surface area contributed by atoms with Crippen LogP contribution in [0.5, 0.6) is 11.5 Å². The Morgan fingerprint density at radius 3 is 2.51 bits per heavy atom. The summed E-state index contributed by atoms with van der Waals surface area (Å²) < 4.78 is 11.8. The van der Waals surface area contributed by atoms with E-state index in [1.54, 1.807) is 36.4 Å². The average Bonchev–Trinajstić information content (AvgIpc) is 3.55. The zero-order chi connectivity index (χ0) is 28.7. The molecule has 0 bridgehead atoms. The van der Waals surface area contributed by atoms with Gasteiger partial charge in [0.2, 0.25) is 5.13 Å². The van der Waals surface area contributed by atoms with Gasteiger partial charge in [0.1, 0.15) is 19.0 Å². The number of benzene rings is 3. The maximum absolute atomic E-state index is 13.5. The van der Waals surface area contributed by atoms with E-state index in [0.717, 1.165) is 5.56 Å². The molecule has 8 nitrogen and oxygen atoms in total. The number of carbonyl (C=O) groups is 2. The predicted molar refractivity (Wildman–Crippen MR) is 159 cm³/mol. The Balaban J connectivity index is 1.40. The van der Waals surface area contributed by atoms with E-state index in [1.807, 2.05) is 31.2 Å². The molecule has 0 spiro atoms. The van der Waals surface area contributed by atoms with E-state index in [2.05, 4.69) is 10.2 Å². The number of hydrogen-bond acceptors (Lipinski definition) is 9. The van der Waals surface area contributed by atoms with E-state index < -0.39 is 17.7 Å². The van der Waals surface area contributed by atoms with Crippen molar-refractivity contribution in [1.29, 1.82) is 0 Å². The number of anilines is 1. The Morgan fingerprint density at radius 1 is 1.00 bits per heavy atom. The number of hydrogen-bond donors (Lipinski definition) is 1. The number of aryl methyl sites for hydroxylation is 1. The number of thioether (sulfide) groups is 1. The van der Waals surface area contributed by atoms with Crippen molar-refractivity contribution in [1.82, 2.24) is 10.2 Å². The first-order chi connectivity index (χ1) is 19.8. The third-order valence-corrected chi connectivity index (χ3v) is 9.47. The van der Waals surface area contributed by atoms with Crippen LogP contribution in [0.3, 0.4) is 0 Å². The highest BCUT2D eigenvalue weighted by Crippen LogP contribution is 2.45. The largest absolute Gasteiger partial charge is 0.507 e. The molecule has 3 aromatic carbocycles. The summed E-state index contributed by atoms with van der Waals surface area (Å²) in [5, 5.41) is 20.7. The van der Waals surface area contributed by atoms with Gasteiger partial charge in [-0.1, -0.05) is 82.2 Å². The molecule has 41 heavy (non-hydrogen) atoms. The minimum atomic E-state index is -1.03. The van der Waals surface area contributed by atoms with Gasteiger partial charge in [-0.15, -0.1) is 10.2 Å². The van der Waals surface area contributed by atoms with E-state index in [4.69, 9.17) is 32.7 Å². The predicted octanol–water partition coefficient (Wildman–Crippen LogP) is 6.84. The first-order valence-corrected chi connectivity index (χ1v) is 15.0. The summed E-state index contributed by atoms with van der Waals surface area (Å²) in [5.74, 6) is -0.450. The lowest BCUT2D eigenvalue weighted by atomic mass is 9.95. The molecule has 1 amide bonds. The molecule has 1 aromatic heterocycles. The lowest BCUT2D eigenvalue weighted by Gasteiger charge is -2.23. The van der Waals surface area contributed by atoms with Gasteiger partial charge in [0.25, 0.3) is 5.78 Å². The Labute approximate surface area is 253 Å². The summed E-state index contributed by atoms with van der Waals surface area (Å²) in [6, 6.07) is 16.8. The summed E-state index contributed by atoms with van der Waals surface area (Å²) in [6.07, 6.45) is 0. The summed E-state index contributed by atoms with van der Waals surface area (Å²) in [6.45, 7) is 2.79. The number of aliphatic hydroxyl groups excluding tert-OH is 1. The molecule has 4 aromatic rings. The van der Waals surface area contributed by atoms with E-state index in [-0.39, 0.29) is 21.5 Å². The monoisotopic (exact) mass is 625 g/mol. The zero-order valence-electron chi connectivity index (χ0n) is 21.5. The van der Waals surface area contributed by atoms with Crippen molar-refractivity contribution in [2.45, 2.75) is 23.1 Å². The van der Waals surface area contributed by atoms with Crippen molar-refractivity contribution in [2.75, 3.05) is 18.1 Å². The average molecular weight is 627 g/mol. The molecule has 6 rings (SSSR count). The van der Waals surface area contributed by atoms with Gasteiger partial charge in [0, 0.05) is 11.3 Å². The van der Waals surface area contributed by atoms with Crippen LogP contribution in [0.1, 0.15) is 28.3 Å². The number of nitrogens with zero attached hydrogens (tertiary/aromatic N) is 3. The smallest absolute Gasteiger partial charge is 0.301 e. The second-order valence-corrected chi connectivity index (χ2v) is 12.3. The molecule has 1 N–H and O–H groups in total. The molecule has 0 saturated carbocycles. The van der Waals surface area contributed by atoms with Gasteiger partial charge in [0.15, 0.2) is 15.8 Å². The number of aliphatic hydroxyl groups is 1. The highest BCUT2D eigenvalue weighted by molar-refractivity contribution is 8.00. The van der Waals surface area contributed by atoms with E-state index in [9.17, 15) is 14.7 Å². The van der Waals surface area contributed by atoms with E-state index in [1.165, 1.54) is 33.6 Å². The number of aromatic nitrogens is 2. The summed E-state index contributed by atoms with van der Waals surface area (Å²) in [5.41, 5.74) is 2.94. The second kappa shape index (κ2) is 11.4. The molecule has 1 saturated heterocycles. The third-order valence-electron chi connectivity index (χ3n) is 6.60. The van der Waals surface area contributed by atoms with E-state index >= 15 is 0 Å². The lowest BCUT2D eigenvalue weighted by Crippen LogP contribution is -2.29. The summed E-state index contributed by atoms with van der Waals surface area (Å²) in [7, 11) is 0. The molecule has 208 valence electrons.